The van der Waals surface area contributed by atoms with Crippen molar-refractivity contribution >= 4 is 32.4 Å². The molecule has 1 aromatic rings. The second-order valence-electron chi connectivity index (χ2n) is 3.37. The minimum Gasteiger partial charge on any atom is -0.357 e. The predicted octanol–water partition coefficient (Wildman–Crippen LogP) is 3.54. The van der Waals surface area contributed by atoms with Crippen molar-refractivity contribution in [3.05, 3.63) is 3.92 Å². The van der Waals surface area contributed by atoms with Crippen molar-refractivity contribution in [3.63, 3.8) is 0 Å². The molecule has 80 valence electrons. The van der Waals surface area contributed by atoms with E-state index in [9.17, 15) is 0 Å². The van der Waals surface area contributed by atoms with Gasteiger partial charge in [0.2, 0.25) is 5.13 Å². The largest absolute Gasteiger partial charge is 0.357 e. The molecule has 1 N–H and O–H groups in total. The lowest BCUT2D eigenvalue weighted by Crippen LogP contribution is -2.24. The van der Waals surface area contributed by atoms with Gasteiger partial charge in [0.05, 0.1) is 0 Å². The smallest absolute Gasteiger partial charge is 0.206 e. The minimum atomic E-state index is 0.463. The number of rotatable bonds is 5. The number of anilines is 1. The van der Waals surface area contributed by atoms with Gasteiger partial charge in [-0.2, -0.15) is 0 Å². The molecule has 14 heavy (non-hydrogen) atoms. The lowest BCUT2D eigenvalue weighted by atomic mass is 9.96. The second kappa shape index (κ2) is 5.66. The van der Waals surface area contributed by atoms with Crippen molar-refractivity contribution in [2.24, 2.45) is 5.92 Å². The molecular weight excluding hydrogens is 262 g/mol. The molecule has 1 heterocycles. The van der Waals surface area contributed by atoms with Gasteiger partial charge in [-0.05, 0) is 28.8 Å². The van der Waals surface area contributed by atoms with Crippen LogP contribution in [0.25, 0.3) is 0 Å². The first-order valence-electron chi connectivity index (χ1n) is 4.92. The quantitative estimate of drug-likeness (QED) is 0.895. The zero-order valence-corrected chi connectivity index (χ0v) is 11.2. The molecule has 0 radical (unpaired) electrons. The number of aromatic nitrogens is 2. The van der Waals surface area contributed by atoms with Gasteiger partial charge in [0.15, 0.2) is 3.92 Å². The van der Waals surface area contributed by atoms with Gasteiger partial charge in [0, 0.05) is 6.04 Å². The highest BCUT2D eigenvalue weighted by atomic mass is 79.9. The molecule has 1 atom stereocenters. The molecule has 1 rings (SSSR count). The van der Waals surface area contributed by atoms with E-state index in [1.54, 1.807) is 0 Å². The first-order valence-corrected chi connectivity index (χ1v) is 6.53. The average molecular weight is 278 g/mol. The van der Waals surface area contributed by atoms with Gasteiger partial charge < -0.3 is 5.32 Å². The van der Waals surface area contributed by atoms with E-state index >= 15 is 0 Å². The molecule has 5 heteroatoms. The van der Waals surface area contributed by atoms with Crippen molar-refractivity contribution in [1.82, 2.24) is 10.2 Å². The summed E-state index contributed by atoms with van der Waals surface area (Å²) in [6, 6.07) is 0.463. The van der Waals surface area contributed by atoms with Gasteiger partial charge in [-0.25, -0.2) is 0 Å². The molecule has 0 aliphatic rings. The van der Waals surface area contributed by atoms with Crippen LogP contribution in [-0.4, -0.2) is 16.2 Å². The normalized spacial score (nSPS) is 13.2. The van der Waals surface area contributed by atoms with E-state index < -0.39 is 0 Å². The molecule has 0 aliphatic carbocycles. The van der Waals surface area contributed by atoms with E-state index in [-0.39, 0.29) is 0 Å². The molecule has 0 amide bonds. The van der Waals surface area contributed by atoms with Crippen molar-refractivity contribution < 1.29 is 0 Å². The fraction of sp³-hybridized carbons (Fsp3) is 0.778. The van der Waals surface area contributed by atoms with Gasteiger partial charge in [-0.3, -0.25) is 0 Å². The van der Waals surface area contributed by atoms with Crippen molar-refractivity contribution in [2.45, 2.75) is 39.7 Å². The summed E-state index contributed by atoms with van der Waals surface area (Å²) in [5.41, 5.74) is 0. The van der Waals surface area contributed by atoms with E-state index in [2.05, 4.69) is 52.2 Å². The highest BCUT2D eigenvalue weighted by Gasteiger charge is 2.14. The summed E-state index contributed by atoms with van der Waals surface area (Å²) < 4.78 is 0.830. The topological polar surface area (TPSA) is 37.8 Å². The van der Waals surface area contributed by atoms with Crippen LogP contribution in [0.5, 0.6) is 0 Å². The summed E-state index contributed by atoms with van der Waals surface area (Å²) in [7, 11) is 0. The lowest BCUT2D eigenvalue weighted by molar-refractivity contribution is 0.437. The van der Waals surface area contributed by atoms with Crippen LogP contribution < -0.4 is 5.32 Å². The van der Waals surface area contributed by atoms with Gasteiger partial charge in [0.25, 0.3) is 0 Å². The summed E-state index contributed by atoms with van der Waals surface area (Å²) >= 11 is 4.84. The van der Waals surface area contributed by atoms with E-state index in [0.717, 1.165) is 9.05 Å². The lowest BCUT2D eigenvalue weighted by Gasteiger charge is -2.21. The SMILES string of the molecule is CCC(CC)C(C)Nc1nnc(Br)s1. The number of hydrogen-bond donors (Lipinski definition) is 1. The molecule has 3 nitrogen and oxygen atoms in total. The molecule has 0 bridgehead atoms. The maximum atomic E-state index is 4.02. The third-order valence-corrected chi connectivity index (χ3v) is 3.79. The summed E-state index contributed by atoms with van der Waals surface area (Å²) in [6.07, 6.45) is 2.40. The highest BCUT2D eigenvalue weighted by molar-refractivity contribution is 9.11. The van der Waals surface area contributed by atoms with Crippen LogP contribution in [-0.2, 0) is 0 Å². The second-order valence-corrected chi connectivity index (χ2v) is 5.62. The first kappa shape index (κ1) is 11.9. The highest BCUT2D eigenvalue weighted by Crippen LogP contribution is 2.23. The molecule has 0 fully saturated rings. The standard InChI is InChI=1S/C9H16BrN3S/c1-4-7(5-2)6(3)11-9-13-12-8(10)14-9/h6-7H,4-5H2,1-3H3,(H,11,13). The van der Waals surface area contributed by atoms with E-state index in [1.165, 1.54) is 24.2 Å². The summed E-state index contributed by atoms with van der Waals surface area (Å²) in [5, 5.41) is 12.2. The molecule has 1 aromatic heterocycles. The third-order valence-electron chi connectivity index (χ3n) is 2.51. The van der Waals surface area contributed by atoms with Gasteiger partial charge >= 0.3 is 0 Å². The Balaban J connectivity index is 2.51. The van der Waals surface area contributed by atoms with Gasteiger partial charge in [0.1, 0.15) is 0 Å². The van der Waals surface area contributed by atoms with Crippen LogP contribution in [0.2, 0.25) is 0 Å². The van der Waals surface area contributed by atoms with E-state index in [4.69, 9.17) is 0 Å². The Bertz CT molecular complexity index is 273. The molecule has 1 unspecified atom stereocenters. The number of nitrogens with one attached hydrogen (secondary N) is 1. The third kappa shape index (κ3) is 3.20. The van der Waals surface area contributed by atoms with Crippen molar-refractivity contribution in [1.29, 1.82) is 0 Å². The number of hydrogen-bond acceptors (Lipinski definition) is 4. The van der Waals surface area contributed by atoms with Crippen LogP contribution in [0, 0.1) is 5.92 Å². The molecule has 0 aromatic carbocycles. The van der Waals surface area contributed by atoms with E-state index in [1.807, 2.05) is 0 Å². The van der Waals surface area contributed by atoms with Crippen LogP contribution in [0.4, 0.5) is 5.13 Å². The van der Waals surface area contributed by atoms with Crippen molar-refractivity contribution in [3.8, 4) is 0 Å². The zero-order valence-electron chi connectivity index (χ0n) is 8.75. The summed E-state index contributed by atoms with van der Waals surface area (Å²) in [5.74, 6) is 0.706. The fourth-order valence-electron chi connectivity index (χ4n) is 1.57. The Labute approximate surface area is 97.5 Å². The van der Waals surface area contributed by atoms with Crippen molar-refractivity contribution in [2.75, 3.05) is 5.32 Å². The van der Waals surface area contributed by atoms with E-state index in [0.29, 0.717) is 12.0 Å². The maximum Gasteiger partial charge on any atom is 0.206 e. The monoisotopic (exact) mass is 277 g/mol. The van der Waals surface area contributed by atoms with Gasteiger partial charge in [-0.1, -0.05) is 38.0 Å². The van der Waals surface area contributed by atoms with Crippen LogP contribution in [0.1, 0.15) is 33.6 Å². The Kier molecular flexibility index (Phi) is 4.81. The Morgan fingerprint density at radius 1 is 1.36 bits per heavy atom. The molecule has 0 saturated carbocycles. The Morgan fingerprint density at radius 3 is 2.43 bits per heavy atom. The Morgan fingerprint density at radius 2 is 2.00 bits per heavy atom. The minimum absolute atomic E-state index is 0.463. The average Bonchev–Trinajstić information content (AvgIpc) is 2.53. The molecule has 0 saturated heterocycles. The molecular formula is C9H16BrN3S. The fourth-order valence-corrected chi connectivity index (χ4v) is 2.68. The number of nitrogens with zero attached hydrogens (tertiary/aromatic N) is 2. The van der Waals surface area contributed by atoms with Crippen LogP contribution in [0.15, 0.2) is 3.92 Å². The first-order chi connectivity index (χ1) is 6.67. The van der Waals surface area contributed by atoms with Gasteiger partial charge in [-0.15, -0.1) is 10.2 Å². The molecule has 0 aliphatic heterocycles. The zero-order chi connectivity index (χ0) is 10.6. The predicted molar refractivity (Wildman–Crippen MR) is 64.8 cm³/mol. The van der Waals surface area contributed by atoms with Crippen LogP contribution >= 0.6 is 27.3 Å². The van der Waals surface area contributed by atoms with Crippen LogP contribution in [0.3, 0.4) is 0 Å². The maximum absolute atomic E-state index is 4.02. The Hall–Kier alpha value is -0.160. The summed E-state index contributed by atoms with van der Waals surface area (Å²) in [4.78, 5) is 0. The number of halogens is 1. The summed E-state index contributed by atoms with van der Waals surface area (Å²) in [6.45, 7) is 6.65. The molecule has 0 spiro atoms.